The predicted octanol–water partition coefficient (Wildman–Crippen LogP) is 2.29. The zero-order valence-electron chi connectivity index (χ0n) is 19.8. The van der Waals surface area contributed by atoms with Crippen molar-refractivity contribution in [1.29, 1.82) is 0 Å². The normalized spacial score (nSPS) is 18.6. The summed E-state index contributed by atoms with van der Waals surface area (Å²) in [5.74, 6) is 1.32. The fourth-order valence-electron chi connectivity index (χ4n) is 4.61. The fourth-order valence-corrected chi connectivity index (χ4v) is 4.61. The first kappa shape index (κ1) is 22.1. The van der Waals surface area contributed by atoms with Crippen LogP contribution in [0.4, 0.5) is 11.5 Å². The smallest absolute Gasteiger partial charge is 0.228 e. The van der Waals surface area contributed by atoms with E-state index in [0.29, 0.717) is 38.5 Å². The molecule has 176 valence electrons. The molecule has 9 nitrogen and oxygen atoms in total. The summed E-state index contributed by atoms with van der Waals surface area (Å²) in [5, 5.41) is 4.41. The Morgan fingerprint density at radius 1 is 0.941 bits per heavy atom. The van der Waals surface area contributed by atoms with Gasteiger partial charge in [0, 0.05) is 57.1 Å². The van der Waals surface area contributed by atoms with Gasteiger partial charge in [-0.05, 0) is 50.1 Å². The maximum atomic E-state index is 13.2. The average molecular weight is 460 g/mol. The highest BCUT2D eigenvalue weighted by Gasteiger charge is 2.38. The first-order valence-corrected chi connectivity index (χ1v) is 11.6. The van der Waals surface area contributed by atoms with Crippen molar-refractivity contribution in [3.05, 3.63) is 59.7 Å². The van der Waals surface area contributed by atoms with E-state index in [4.69, 9.17) is 0 Å². The van der Waals surface area contributed by atoms with Gasteiger partial charge in [0.15, 0.2) is 5.82 Å². The number of carbonyl (C=O) groups is 2. The number of aryl methyl sites for hydroxylation is 3. The number of carbonyl (C=O) groups excluding carboxylic acids is 2. The maximum absolute atomic E-state index is 13.2. The quantitative estimate of drug-likeness (QED) is 0.595. The maximum Gasteiger partial charge on any atom is 0.228 e. The Balaban J connectivity index is 1.21. The van der Waals surface area contributed by atoms with Gasteiger partial charge >= 0.3 is 0 Å². The molecule has 0 spiro atoms. The molecule has 9 heteroatoms. The number of hydrogen-bond donors (Lipinski definition) is 0. The zero-order chi connectivity index (χ0) is 23.8. The van der Waals surface area contributed by atoms with Gasteiger partial charge in [0.05, 0.1) is 11.6 Å². The number of benzene rings is 1. The largest absolute Gasteiger partial charge is 0.353 e. The molecule has 4 heterocycles. The molecule has 1 unspecified atom stereocenters. The Hall–Kier alpha value is -3.75. The summed E-state index contributed by atoms with van der Waals surface area (Å²) in [4.78, 5) is 40.5. The number of rotatable bonds is 4. The summed E-state index contributed by atoms with van der Waals surface area (Å²) in [7, 11) is 0. The lowest BCUT2D eigenvalue weighted by Crippen LogP contribution is -2.51. The van der Waals surface area contributed by atoms with E-state index < -0.39 is 0 Å². The van der Waals surface area contributed by atoms with Crippen molar-refractivity contribution in [3.63, 3.8) is 0 Å². The SMILES string of the molecule is Cc1ccn(-c2cc(N3CCN(C(=O)C4CC(=O)N(c5ccc(C)c(C)c5)C4)CC3)ncn2)n1. The molecule has 0 bridgehead atoms. The third kappa shape index (κ3) is 4.25. The third-order valence-electron chi connectivity index (χ3n) is 6.79. The van der Waals surface area contributed by atoms with Crippen molar-refractivity contribution in [2.75, 3.05) is 42.5 Å². The van der Waals surface area contributed by atoms with Crippen LogP contribution in [0.2, 0.25) is 0 Å². The van der Waals surface area contributed by atoms with Crippen LogP contribution in [0.25, 0.3) is 5.82 Å². The van der Waals surface area contributed by atoms with E-state index in [-0.39, 0.29) is 24.2 Å². The average Bonchev–Trinajstić information content (AvgIpc) is 3.46. The first-order valence-electron chi connectivity index (χ1n) is 11.6. The monoisotopic (exact) mass is 459 g/mol. The number of piperazine rings is 1. The van der Waals surface area contributed by atoms with E-state index in [1.54, 1.807) is 15.9 Å². The van der Waals surface area contributed by atoms with Crippen molar-refractivity contribution >= 4 is 23.3 Å². The summed E-state index contributed by atoms with van der Waals surface area (Å²) in [6.07, 6.45) is 3.69. The lowest BCUT2D eigenvalue weighted by atomic mass is 10.1. The molecule has 2 amide bonds. The van der Waals surface area contributed by atoms with Gasteiger partial charge in [-0.15, -0.1) is 0 Å². The lowest BCUT2D eigenvalue weighted by molar-refractivity contribution is -0.136. The number of nitrogens with zero attached hydrogens (tertiary/aromatic N) is 7. The van der Waals surface area contributed by atoms with E-state index >= 15 is 0 Å². The summed E-state index contributed by atoms with van der Waals surface area (Å²) < 4.78 is 1.73. The second kappa shape index (κ2) is 8.89. The van der Waals surface area contributed by atoms with Gasteiger partial charge in [0.1, 0.15) is 12.1 Å². The van der Waals surface area contributed by atoms with Crippen molar-refractivity contribution in [3.8, 4) is 5.82 Å². The summed E-state index contributed by atoms with van der Waals surface area (Å²) in [6, 6.07) is 9.87. The molecule has 0 saturated carbocycles. The van der Waals surface area contributed by atoms with E-state index in [0.717, 1.165) is 22.8 Å². The van der Waals surface area contributed by atoms with Crippen LogP contribution in [0.15, 0.2) is 42.9 Å². The Labute approximate surface area is 199 Å². The van der Waals surface area contributed by atoms with Crippen molar-refractivity contribution < 1.29 is 9.59 Å². The number of hydrogen-bond acceptors (Lipinski definition) is 6. The van der Waals surface area contributed by atoms with Gasteiger partial charge in [-0.1, -0.05) is 6.07 Å². The van der Waals surface area contributed by atoms with E-state index in [9.17, 15) is 9.59 Å². The van der Waals surface area contributed by atoms with Crippen LogP contribution in [-0.4, -0.2) is 69.2 Å². The topological polar surface area (TPSA) is 87.5 Å². The third-order valence-corrected chi connectivity index (χ3v) is 6.79. The molecule has 3 aromatic rings. The van der Waals surface area contributed by atoms with Crippen molar-refractivity contribution in [2.24, 2.45) is 5.92 Å². The van der Waals surface area contributed by atoms with Gasteiger partial charge < -0.3 is 14.7 Å². The summed E-state index contributed by atoms with van der Waals surface area (Å²) in [6.45, 7) is 9.05. The van der Waals surface area contributed by atoms with Gasteiger partial charge in [0.2, 0.25) is 11.8 Å². The predicted molar refractivity (Wildman–Crippen MR) is 129 cm³/mol. The van der Waals surface area contributed by atoms with Crippen LogP contribution in [0.1, 0.15) is 23.2 Å². The number of amides is 2. The van der Waals surface area contributed by atoms with Crippen LogP contribution in [0.5, 0.6) is 0 Å². The molecule has 34 heavy (non-hydrogen) atoms. The van der Waals surface area contributed by atoms with Crippen LogP contribution >= 0.6 is 0 Å². The Morgan fingerprint density at radius 3 is 2.41 bits per heavy atom. The molecule has 2 fully saturated rings. The standard InChI is InChI=1S/C25H29N7O2/c1-17-4-5-21(12-18(17)2)31-15-20(13-24(31)33)25(34)30-10-8-29(9-11-30)22-14-23(27-16-26-22)32-7-6-19(3)28-32/h4-7,12,14,16,20H,8-11,13,15H2,1-3H3. The second-order valence-electron chi connectivity index (χ2n) is 9.12. The van der Waals surface area contributed by atoms with Crippen LogP contribution in [0, 0.1) is 26.7 Å². The lowest BCUT2D eigenvalue weighted by Gasteiger charge is -2.36. The van der Waals surface area contributed by atoms with E-state index in [1.807, 2.05) is 55.3 Å². The van der Waals surface area contributed by atoms with Crippen LogP contribution in [-0.2, 0) is 9.59 Å². The Kier molecular flexibility index (Phi) is 5.77. The highest BCUT2D eigenvalue weighted by atomic mass is 16.2. The molecule has 0 radical (unpaired) electrons. The number of aromatic nitrogens is 4. The molecular weight excluding hydrogens is 430 g/mol. The summed E-state index contributed by atoms with van der Waals surface area (Å²) in [5.41, 5.74) is 4.14. The van der Waals surface area contributed by atoms with Crippen molar-refractivity contribution in [2.45, 2.75) is 27.2 Å². The van der Waals surface area contributed by atoms with Gasteiger partial charge in [-0.3, -0.25) is 9.59 Å². The molecule has 2 aliphatic rings. The molecule has 1 aromatic carbocycles. The van der Waals surface area contributed by atoms with Gasteiger partial charge in [-0.2, -0.15) is 5.10 Å². The molecule has 2 aromatic heterocycles. The van der Waals surface area contributed by atoms with Crippen molar-refractivity contribution in [1.82, 2.24) is 24.6 Å². The molecule has 0 N–H and O–H groups in total. The van der Waals surface area contributed by atoms with E-state index in [1.165, 1.54) is 5.56 Å². The van der Waals surface area contributed by atoms with Gasteiger partial charge in [-0.25, -0.2) is 14.6 Å². The Morgan fingerprint density at radius 2 is 1.71 bits per heavy atom. The van der Waals surface area contributed by atoms with Crippen LogP contribution in [0.3, 0.4) is 0 Å². The molecule has 1 atom stereocenters. The fraction of sp³-hybridized carbons (Fsp3) is 0.400. The minimum Gasteiger partial charge on any atom is -0.353 e. The highest BCUT2D eigenvalue weighted by molar-refractivity contribution is 6.00. The molecule has 0 aliphatic carbocycles. The minimum absolute atomic E-state index is 0.0163. The summed E-state index contributed by atoms with van der Waals surface area (Å²) >= 11 is 0. The Bertz CT molecular complexity index is 1230. The zero-order valence-corrected chi connectivity index (χ0v) is 19.8. The molecule has 5 rings (SSSR count). The van der Waals surface area contributed by atoms with E-state index in [2.05, 4.69) is 26.9 Å². The number of anilines is 2. The van der Waals surface area contributed by atoms with Gasteiger partial charge in [0.25, 0.3) is 0 Å². The minimum atomic E-state index is -0.297. The molecular formula is C25H29N7O2. The van der Waals surface area contributed by atoms with Crippen LogP contribution < -0.4 is 9.80 Å². The molecule has 2 aliphatic heterocycles. The highest BCUT2D eigenvalue weighted by Crippen LogP contribution is 2.28. The molecule has 2 saturated heterocycles. The first-order chi connectivity index (χ1) is 16.4. The second-order valence-corrected chi connectivity index (χ2v) is 9.12.